The van der Waals surface area contributed by atoms with Crippen LogP contribution in [-0.2, 0) is 25.1 Å². The Balaban J connectivity index is 1.74. The zero-order valence-corrected chi connectivity index (χ0v) is 18.2. The smallest absolute Gasteiger partial charge is 0.335 e. The molecule has 0 unspecified atom stereocenters. The number of carbonyl (C=O) groups excluding carboxylic acids is 1. The van der Waals surface area contributed by atoms with E-state index in [9.17, 15) is 13.2 Å². The van der Waals surface area contributed by atoms with Crippen LogP contribution in [0.1, 0.15) is 31.7 Å². The van der Waals surface area contributed by atoms with Gasteiger partial charge in [-0.3, -0.25) is 4.90 Å². The quantitative estimate of drug-likeness (QED) is 0.446. The molecule has 0 aromatic heterocycles. The topological polar surface area (TPSA) is 84.9 Å². The number of hydrogen-bond acceptors (Lipinski definition) is 7. The van der Waals surface area contributed by atoms with Crippen LogP contribution in [0.2, 0.25) is 0 Å². The molecule has 1 spiro atoms. The van der Waals surface area contributed by atoms with Crippen LogP contribution in [-0.4, -0.2) is 51.8 Å². The monoisotopic (exact) mass is 430 g/mol. The predicted octanol–water partition coefficient (Wildman–Crippen LogP) is 2.56. The van der Waals surface area contributed by atoms with Gasteiger partial charge in [-0.15, -0.1) is 0 Å². The molecule has 4 aliphatic rings. The second kappa shape index (κ2) is 6.34. The van der Waals surface area contributed by atoms with Gasteiger partial charge in [-0.05, 0) is 30.9 Å². The van der Waals surface area contributed by atoms with Gasteiger partial charge in [0.15, 0.2) is 0 Å². The number of benzene rings is 1. The number of carbonyl (C=O) groups is 1. The molecular weight excluding hydrogens is 404 g/mol. The maximum absolute atomic E-state index is 12.9. The molecule has 0 radical (unpaired) electrons. The van der Waals surface area contributed by atoms with Crippen LogP contribution >= 0.6 is 0 Å². The molecule has 7 nitrogen and oxygen atoms in total. The van der Waals surface area contributed by atoms with Gasteiger partial charge in [0, 0.05) is 42.0 Å². The molecule has 8 heteroatoms. The summed E-state index contributed by atoms with van der Waals surface area (Å²) in [5.41, 5.74) is 3.00. The average molecular weight is 431 g/mol. The van der Waals surface area contributed by atoms with Gasteiger partial charge in [0.2, 0.25) is 0 Å². The molecule has 1 aromatic rings. The Morgan fingerprint density at radius 2 is 2.17 bits per heavy atom. The standard InChI is InChI=1S/C22H26N2O5S/c1-4-21-8-5-10-24-11-9-22(20(21)24)16-7-6-14(29-30(3,26)27)12-17(16)23-18(22)15(13-21)19(25)28-2/h5-8,12,20,23H,4,9-11,13H2,1-3H3/t20-,21-,22-/m0/s1. The van der Waals surface area contributed by atoms with E-state index in [0.717, 1.165) is 49.1 Å². The summed E-state index contributed by atoms with van der Waals surface area (Å²) in [6.07, 6.45) is 8.00. The van der Waals surface area contributed by atoms with Gasteiger partial charge < -0.3 is 14.2 Å². The zero-order valence-electron chi connectivity index (χ0n) is 17.4. The Hall–Kier alpha value is -2.32. The minimum Gasteiger partial charge on any atom is -0.466 e. The number of esters is 1. The molecule has 160 valence electrons. The number of nitrogens with one attached hydrogen (secondary N) is 1. The van der Waals surface area contributed by atoms with E-state index in [1.54, 1.807) is 12.1 Å². The predicted molar refractivity (Wildman–Crippen MR) is 113 cm³/mol. The molecule has 30 heavy (non-hydrogen) atoms. The number of fused-ring (bicyclic) bond motifs is 1. The van der Waals surface area contributed by atoms with Crippen molar-refractivity contribution in [3.63, 3.8) is 0 Å². The lowest BCUT2D eigenvalue weighted by molar-refractivity contribution is -0.137. The van der Waals surface area contributed by atoms with Crippen molar-refractivity contribution in [1.82, 2.24) is 4.90 Å². The molecular formula is C22H26N2O5S. The van der Waals surface area contributed by atoms with Gasteiger partial charge in [-0.25, -0.2) is 4.79 Å². The van der Waals surface area contributed by atoms with Gasteiger partial charge in [-0.1, -0.05) is 25.1 Å². The number of rotatable bonds is 4. The average Bonchev–Trinajstić information content (AvgIpc) is 3.25. The van der Waals surface area contributed by atoms with Crippen molar-refractivity contribution in [2.45, 2.75) is 37.6 Å². The Kier molecular flexibility index (Phi) is 4.15. The van der Waals surface area contributed by atoms with E-state index >= 15 is 0 Å². The molecule has 3 heterocycles. The van der Waals surface area contributed by atoms with Crippen LogP contribution in [0.5, 0.6) is 5.75 Å². The highest BCUT2D eigenvalue weighted by Crippen LogP contribution is 2.64. The van der Waals surface area contributed by atoms with E-state index in [4.69, 9.17) is 8.92 Å². The van der Waals surface area contributed by atoms with Gasteiger partial charge in [-0.2, -0.15) is 8.42 Å². The van der Waals surface area contributed by atoms with Crippen molar-refractivity contribution in [3.8, 4) is 5.75 Å². The molecule has 3 atom stereocenters. The third kappa shape index (κ3) is 2.53. The van der Waals surface area contributed by atoms with Crippen LogP contribution in [0.3, 0.4) is 0 Å². The molecule has 1 fully saturated rings. The maximum Gasteiger partial charge on any atom is 0.335 e. The third-order valence-electron chi connectivity index (χ3n) is 7.28. The maximum atomic E-state index is 12.9. The molecule has 1 N–H and O–H groups in total. The van der Waals surface area contributed by atoms with Crippen LogP contribution in [0.15, 0.2) is 41.6 Å². The Morgan fingerprint density at radius 1 is 1.37 bits per heavy atom. The fourth-order valence-electron chi connectivity index (χ4n) is 6.28. The summed E-state index contributed by atoms with van der Waals surface area (Å²) < 4.78 is 33.5. The Morgan fingerprint density at radius 3 is 2.87 bits per heavy atom. The van der Waals surface area contributed by atoms with Crippen molar-refractivity contribution in [2.24, 2.45) is 5.41 Å². The van der Waals surface area contributed by atoms with Crippen LogP contribution in [0.4, 0.5) is 5.69 Å². The summed E-state index contributed by atoms with van der Waals surface area (Å²) in [4.78, 5) is 15.4. The zero-order chi connectivity index (χ0) is 21.3. The van der Waals surface area contributed by atoms with E-state index in [-0.39, 0.29) is 28.6 Å². The van der Waals surface area contributed by atoms with Crippen molar-refractivity contribution < 1.29 is 22.1 Å². The number of nitrogens with zero attached hydrogens (tertiary/aromatic N) is 1. The fourth-order valence-corrected chi connectivity index (χ4v) is 6.73. The van der Waals surface area contributed by atoms with Crippen molar-refractivity contribution in [3.05, 3.63) is 47.2 Å². The number of anilines is 1. The molecule has 0 amide bonds. The molecule has 1 saturated heterocycles. The van der Waals surface area contributed by atoms with E-state index in [1.807, 2.05) is 6.07 Å². The Bertz CT molecular complexity index is 1110. The summed E-state index contributed by atoms with van der Waals surface area (Å²) in [6.45, 7) is 4.03. The van der Waals surface area contributed by atoms with Crippen LogP contribution in [0, 0.1) is 5.41 Å². The highest BCUT2D eigenvalue weighted by molar-refractivity contribution is 7.86. The first-order valence-electron chi connectivity index (χ1n) is 10.3. The lowest BCUT2D eigenvalue weighted by atomic mass is 9.55. The minimum atomic E-state index is -3.63. The summed E-state index contributed by atoms with van der Waals surface area (Å²) >= 11 is 0. The van der Waals surface area contributed by atoms with Crippen LogP contribution < -0.4 is 9.50 Å². The normalized spacial score (nSPS) is 31.6. The van der Waals surface area contributed by atoms with E-state index < -0.39 is 10.1 Å². The summed E-state index contributed by atoms with van der Waals surface area (Å²) in [5.74, 6) is -0.0415. The highest BCUT2D eigenvalue weighted by Gasteiger charge is 2.65. The molecule has 1 aromatic carbocycles. The van der Waals surface area contributed by atoms with Gasteiger partial charge in [0.25, 0.3) is 0 Å². The van der Waals surface area contributed by atoms with Gasteiger partial charge >= 0.3 is 16.1 Å². The summed E-state index contributed by atoms with van der Waals surface area (Å²) in [6, 6.07) is 5.62. The summed E-state index contributed by atoms with van der Waals surface area (Å²) in [5, 5.41) is 3.47. The molecule has 0 saturated carbocycles. The lowest BCUT2D eigenvalue weighted by Gasteiger charge is -2.53. The lowest BCUT2D eigenvalue weighted by Crippen LogP contribution is -2.58. The number of hydrogen-bond donors (Lipinski definition) is 1. The largest absolute Gasteiger partial charge is 0.466 e. The molecule has 1 aliphatic carbocycles. The van der Waals surface area contributed by atoms with Crippen LogP contribution in [0.25, 0.3) is 0 Å². The van der Waals surface area contributed by atoms with Gasteiger partial charge in [0.05, 0.1) is 24.4 Å². The van der Waals surface area contributed by atoms with E-state index in [1.165, 1.54) is 7.11 Å². The van der Waals surface area contributed by atoms with E-state index in [2.05, 4.69) is 29.3 Å². The van der Waals surface area contributed by atoms with Crippen molar-refractivity contribution in [1.29, 1.82) is 0 Å². The second-order valence-corrected chi connectivity index (χ2v) is 10.3. The Labute approximate surface area is 176 Å². The highest BCUT2D eigenvalue weighted by atomic mass is 32.2. The summed E-state index contributed by atoms with van der Waals surface area (Å²) in [7, 11) is -2.20. The number of methoxy groups -OCH3 is 1. The first kappa shape index (κ1) is 19.6. The third-order valence-corrected chi connectivity index (χ3v) is 7.78. The van der Waals surface area contributed by atoms with Gasteiger partial charge in [0.1, 0.15) is 5.75 Å². The molecule has 3 aliphatic heterocycles. The van der Waals surface area contributed by atoms with E-state index in [0.29, 0.717) is 12.0 Å². The minimum absolute atomic E-state index is 0.146. The first-order chi connectivity index (χ1) is 14.2. The van der Waals surface area contributed by atoms with Crippen molar-refractivity contribution >= 4 is 21.8 Å². The fraction of sp³-hybridized carbons (Fsp3) is 0.500. The SMILES string of the molecule is CC[C@]12C=CCN3CC[C@]4(C(=C(C(=O)OC)C1)Nc1cc(OS(C)(=O)=O)ccc14)[C@@H]32. The second-order valence-electron chi connectivity index (χ2n) is 8.75. The first-order valence-corrected chi connectivity index (χ1v) is 12.1. The number of ether oxygens (including phenoxy) is 1. The van der Waals surface area contributed by atoms with Crippen molar-refractivity contribution in [2.75, 3.05) is 31.8 Å². The molecule has 0 bridgehead atoms. The molecule has 5 rings (SSSR count).